The summed E-state index contributed by atoms with van der Waals surface area (Å²) in [7, 11) is 2.12. The highest BCUT2D eigenvalue weighted by molar-refractivity contribution is 5.76. The molecule has 0 N–H and O–H groups in total. The van der Waals surface area contributed by atoms with Gasteiger partial charge in [0, 0.05) is 12.5 Å². The van der Waals surface area contributed by atoms with Crippen LogP contribution in [0.3, 0.4) is 0 Å². The molecule has 0 saturated carbocycles. The molecule has 0 aromatic rings. The minimum absolute atomic E-state index is 0.323. The van der Waals surface area contributed by atoms with Crippen LogP contribution in [0.25, 0.3) is 0 Å². The molecule has 0 aromatic heterocycles. The summed E-state index contributed by atoms with van der Waals surface area (Å²) in [5.41, 5.74) is 0. The number of hydrogen-bond acceptors (Lipinski definition) is 2. The largest absolute Gasteiger partial charge is 0.303 e. The molecule has 2 heteroatoms. The van der Waals surface area contributed by atoms with E-state index in [1.54, 1.807) is 6.92 Å². The van der Waals surface area contributed by atoms with Crippen molar-refractivity contribution in [2.45, 2.75) is 38.6 Å². The number of carbonyl (C=O) groups excluding carboxylic acids is 1. The summed E-state index contributed by atoms with van der Waals surface area (Å²) >= 11 is 0. The predicted octanol–water partition coefficient (Wildman–Crippen LogP) is 1.45. The predicted molar refractivity (Wildman–Crippen MR) is 45.6 cm³/mol. The average molecular weight is 155 g/mol. The van der Waals surface area contributed by atoms with Gasteiger partial charge in [0.2, 0.25) is 0 Å². The third-order valence-electron chi connectivity index (χ3n) is 2.44. The second-order valence-electron chi connectivity index (χ2n) is 3.54. The maximum atomic E-state index is 10.8. The second kappa shape index (κ2) is 3.86. The number of nitrogens with zero attached hydrogens (tertiary/aromatic N) is 1. The van der Waals surface area contributed by atoms with E-state index >= 15 is 0 Å². The molecule has 1 fully saturated rings. The van der Waals surface area contributed by atoms with Crippen molar-refractivity contribution in [1.29, 1.82) is 0 Å². The first-order valence-corrected chi connectivity index (χ1v) is 4.40. The number of ketones is 1. The lowest BCUT2D eigenvalue weighted by atomic mass is 9.99. The average Bonchev–Trinajstić information content (AvgIpc) is 1.93. The number of Topliss-reactive ketones (excluding diaryl/α,β-unsaturated/α-hetero) is 1. The lowest BCUT2D eigenvalue weighted by molar-refractivity contribution is -0.118. The quantitative estimate of drug-likeness (QED) is 0.601. The van der Waals surface area contributed by atoms with Gasteiger partial charge in [0.15, 0.2) is 0 Å². The van der Waals surface area contributed by atoms with E-state index in [9.17, 15) is 4.79 Å². The molecule has 0 unspecified atom stereocenters. The van der Waals surface area contributed by atoms with Gasteiger partial charge in [-0.3, -0.25) is 4.79 Å². The van der Waals surface area contributed by atoms with Gasteiger partial charge in [-0.2, -0.15) is 0 Å². The zero-order valence-electron chi connectivity index (χ0n) is 7.47. The molecule has 1 heterocycles. The Balaban J connectivity index is 2.35. The first-order chi connectivity index (χ1) is 5.20. The standard InChI is InChI=1S/C9H17NO/c1-8(11)7-9-5-3-4-6-10(9)2/h9H,3-7H2,1-2H3/t9-/m1/s1. The summed E-state index contributed by atoms with van der Waals surface area (Å²) in [5.74, 6) is 0.323. The first kappa shape index (κ1) is 8.72. The van der Waals surface area contributed by atoms with E-state index < -0.39 is 0 Å². The Labute approximate surface area is 68.6 Å². The van der Waals surface area contributed by atoms with E-state index in [2.05, 4.69) is 11.9 Å². The van der Waals surface area contributed by atoms with Crippen LogP contribution in [0.5, 0.6) is 0 Å². The van der Waals surface area contributed by atoms with Crippen molar-refractivity contribution in [3.05, 3.63) is 0 Å². The summed E-state index contributed by atoms with van der Waals surface area (Å²) in [6.45, 7) is 2.85. The minimum atomic E-state index is 0.323. The monoisotopic (exact) mass is 155 g/mol. The summed E-state index contributed by atoms with van der Waals surface area (Å²) in [6, 6.07) is 0.529. The highest BCUT2D eigenvalue weighted by Gasteiger charge is 2.19. The fourth-order valence-corrected chi connectivity index (χ4v) is 1.73. The van der Waals surface area contributed by atoms with Gasteiger partial charge in [-0.05, 0) is 33.4 Å². The van der Waals surface area contributed by atoms with Crippen LogP contribution < -0.4 is 0 Å². The van der Waals surface area contributed by atoms with Crippen LogP contribution in [-0.2, 0) is 4.79 Å². The highest BCUT2D eigenvalue weighted by Crippen LogP contribution is 2.17. The van der Waals surface area contributed by atoms with Crippen LogP contribution in [0, 0.1) is 0 Å². The Hall–Kier alpha value is -0.370. The Morgan fingerprint density at radius 2 is 2.27 bits per heavy atom. The molecule has 1 aliphatic heterocycles. The lowest BCUT2D eigenvalue weighted by Gasteiger charge is -2.31. The number of rotatable bonds is 2. The lowest BCUT2D eigenvalue weighted by Crippen LogP contribution is -2.37. The van der Waals surface area contributed by atoms with Gasteiger partial charge in [0.25, 0.3) is 0 Å². The normalized spacial score (nSPS) is 26.9. The zero-order valence-corrected chi connectivity index (χ0v) is 7.47. The van der Waals surface area contributed by atoms with Gasteiger partial charge >= 0.3 is 0 Å². The van der Waals surface area contributed by atoms with Crippen molar-refractivity contribution in [3.63, 3.8) is 0 Å². The number of hydrogen-bond donors (Lipinski definition) is 0. The van der Waals surface area contributed by atoms with Gasteiger partial charge in [0.1, 0.15) is 5.78 Å². The topological polar surface area (TPSA) is 20.3 Å². The molecule has 1 saturated heterocycles. The third kappa shape index (κ3) is 2.62. The molecule has 11 heavy (non-hydrogen) atoms. The Morgan fingerprint density at radius 3 is 2.82 bits per heavy atom. The van der Waals surface area contributed by atoms with Gasteiger partial charge in [0.05, 0.1) is 0 Å². The van der Waals surface area contributed by atoms with Crippen molar-refractivity contribution in [1.82, 2.24) is 4.90 Å². The van der Waals surface area contributed by atoms with Crippen molar-refractivity contribution in [2.24, 2.45) is 0 Å². The molecule has 0 aliphatic carbocycles. The molecule has 1 rings (SSSR count). The zero-order chi connectivity index (χ0) is 8.27. The molecule has 0 aromatic carbocycles. The molecular formula is C9H17NO. The summed E-state index contributed by atoms with van der Waals surface area (Å²) < 4.78 is 0. The molecule has 64 valence electrons. The van der Waals surface area contributed by atoms with E-state index in [4.69, 9.17) is 0 Å². The van der Waals surface area contributed by atoms with Gasteiger partial charge in [-0.1, -0.05) is 6.42 Å². The molecule has 0 bridgehead atoms. The molecule has 0 amide bonds. The van der Waals surface area contributed by atoms with E-state index in [1.165, 1.54) is 19.3 Å². The van der Waals surface area contributed by atoms with Crippen molar-refractivity contribution in [3.8, 4) is 0 Å². The smallest absolute Gasteiger partial charge is 0.131 e. The van der Waals surface area contributed by atoms with Crippen LogP contribution in [0.2, 0.25) is 0 Å². The second-order valence-corrected chi connectivity index (χ2v) is 3.54. The van der Waals surface area contributed by atoms with E-state index in [1.807, 2.05) is 0 Å². The maximum absolute atomic E-state index is 10.8. The number of likely N-dealkylation sites (tertiary alicyclic amines) is 1. The number of carbonyl (C=O) groups is 1. The molecule has 1 atom stereocenters. The van der Waals surface area contributed by atoms with Crippen LogP contribution >= 0.6 is 0 Å². The van der Waals surface area contributed by atoms with Gasteiger partial charge < -0.3 is 4.90 Å². The van der Waals surface area contributed by atoms with Crippen LogP contribution in [0.4, 0.5) is 0 Å². The first-order valence-electron chi connectivity index (χ1n) is 4.40. The van der Waals surface area contributed by atoms with Crippen molar-refractivity contribution < 1.29 is 4.79 Å². The Bertz CT molecular complexity index is 144. The van der Waals surface area contributed by atoms with Gasteiger partial charge in [-0.25, -0.2) is 0 Å². The van der Waals surface area contributed by atoms with Crippen molar-refractivity contribution in [2.75, 3.05) is 13.6 Å². The molecule has 0 radical (unpaired) electrons. The highest BCUT2D eigenvalue weighted by atomic mass is 16.1. The SMILES string of the molecule is CC(=O)C[C@H]1CCCCN1C. The van der Waals surface area contributed by atoms with Crippen molar-refractivity contribution >= 4 is 5.78 Å². The molecule has 0 spiro atoms. The minimum Gasteiger partial charge on any atom is -0.303 e. The third-order valence-corrected chi connectivity index (χ3v) is 2.44. The molecule has 1 aliphatic rings. The van der Waals surface area contributed by atoms with E-state index in [-0.39, 0.29) is 0 Å². The van der Waals surface area contributed by atoms with Crippen LogP contribution in [-0.4, -0.2) is 30.3 Å². The molecular weight excluding hydrogens is 138 g/mol. The Kier molecular flexibility index (Phi) is 3.06. The maximum Gasteiger partial charge on any atom is 0.131 e. The summed E-state index contributed by atoms with van der Waals surface area (Å²) in [5, 5.41) is 0. The summed E-state index contributed by atoms with van der Waals surface area (Å²) in [6.07, 6.45) is 4.54. The van der Waals surface area contributed by atoms with Gasteiger partial charge in [-0.15, -0.1) is 0 Å². The Morgan fingerprint density at radius 1 is 1.55 bits per heavy atom. The van der Waals surface area contributed by atoms with E-state index in [0.29, 0.717) is 11.8 Å². The van der Waals surface area contributed by atoms with E-state index in [0.717, 1.165) is 13.0 Å². The fraction of sp³-hybridized carbons (Fsp3) is 0.889. The summed E-state index contributed by atoms with van der Waals surface area (Å²) in [4.78, 5) is 13.1. The molecule has 2 nitrogen and oxygen atoms in total. The number of piperidine rings is 1. The van der Waals surface area contributed by atoms with Crippen LogP contribution in [0.15, 0.2) is 0 Å². The fourth-order valence-electron chi connectivity index (χ4n) is 1.73. The van der Waals surface area contributed by atoms with Crippen LogP contribution in [0.1, 0.15) is 32.6 Å².